The summed E-state index contributed by atoms with van der Waals surface area (Å²) in [5, 5.41) is 28.8. The van der Waals surface area contributed by atoms with Gasteiger partial charge in [0.05, 0.1) is 0 Å². The summed E-state index contributed by atoms with van der Waals surface area (Å²) in [6.45, 7) is 1.42. The normalized spacial score (nSPS) is 22.1. The van der Waals surface area contributed by atoms with Crippen LogP contribution in [0.4, 0.5) is 0 Å². The van der Waals surface area contributed by atoms with E-state index in [1.54, 1.807) is 0 Å². The largest absolute Gasteiger partial charge is 0.477 e. The molecule has 0 saturated carbocycles. The number of hydrogen-bond acceptors (Lipinski definition) is 5. The van der Waals surface area contributed by atoms with Gasteiger partial charge in [0.2, 0.25) is 5.91 Å². The van der Waals surface area contributed by atoms with Crippen molar-refractivity contribution in [2.45, 2.75) is 12.7 Å². The highest BCUT2D eigenvalue weighted by atomic mass is 16.5. The van der Waals surface area contributed by atoms with Crippen molar-refractivity contribution in [3.63, 3.8) is 0 Å². The number of allylic oxidation sites excluding steroid dienone is 2. The lowest BCUT2D eigenvalue weighted by atomic mass is 9.90. The summed E-state index contributed by atoms with van der Waals surface area (Å²) in [7, 11) is 0. The first-order valence-electron chi connectivity index (χ1n) is 3.98. The minimum atomic E-state index is -3.39. The number of amides is 1. The van der Waals surface area contributed by atoms with Crippen LogP contribution in [0.5, 0.6) is 0 Å². The molecule has 15 heavy (non-hydrogen) atoms. The Morgan fingerprint density at radius 3 is 2.40 bits per heavy atom. The van der Waals surface area contributed by atoms with E-state index >= 15 is 0 Å². The van der Waals surface area contributed by atoms with Crippen molar-refractivity contribution in [3.8, 4) is 0 Å². The number of carbonyl (C=O) groups excluding carboxylic acids is 2. The fourth-order valence-electron chi connectivity index (χ4n) is 1.23. The third kappa shape index (κ3) is 1.88. The lowest BCUT2D eigenvalue weighted by Gasteiger charge is -2.27. The Morgan fingerprint density at radius 2 is 2.00 bits per heavy atom. The van der Waals surface area contributed by atoms with Gasteiger partial charge in [-0.2, -0.15) is 0 Å². The summed E-state index contributed by atoms with van der Waals surface area (Å²) in [6.07, 6.45) is 0.941. The number of carboxylic acid groups (broad SMARTS) is 1. The standard InChI is InChI=1S/C8H9NO6/c1-3-2-4(10)5(6(11)9-3)8(14,15)7(12)13/h2,5,14-15H,1H3,(H,9,11)(H,12,13). The average Bonchev–Trinajstić information content (AvgIpc) is 2.00. The van der Waals surface area contributed by atoms with E-state index in [0.29, 0.717) is 0 Å². The second kappa shape index (κ2) is 3.44. The first kappa shape index (κ1) is 11.3. The molecule has 0 saturated heterocycles. The molecule has 0 fully saturated rings. The maximum atomic E-state index is 11.2. The predicted molar refractivity (Wildman–Crippen MR) is 45.2 cm³/mol. The van der Waals surface area contributed by atoms with Crippen molar-refractivity contribution in [2.24, 2.45) is 5.92 Å². The van der Waals surface area contributed by atoms with E-state index in [1.807, 2.05) is 0 Å². The molecule has 0 aromatic carbocycles. The molecule has 1 heterocycles. The number of carboxylic acids is 1. The van der Waals surface area contributed by atoms with Crippen LogP contribution < -0.4 is 5.32 Å². The van der Waals surface area contributed by atoms with Gasteiger partial charge in [-0.05, 0) is 6.92 Å². The van der Waals surface area contributed by atoms with Crippen LogP contribution in [0, 0.1) is 5.92 Å². The Kier molecular flexibility index (Phi) is 2.61. The average molecular weight is 215 g/mol. The van der Waals surface area contributed by atoms with Crippen LogP contribution in [0.25, 0.3) is 0 Å². The maximum absolute atomic E-state index is 11.2. The van der Waals surface area contributed by atoms with Gasteiger partial charge in [-0.25, -0.2) is 4.79 Å². The third-order valence-electron chi connectivity index (χ3n) is 1.94. The van der Waals surface area contributed by atoms with E-state index in [-0.39, 0.29) is 5.70 Å². The third-order valence-corrected chi connectivity index (χ3v) is 1.94. The van der Waals surface area contributed by atoms with E-state index in [9.17, 15) is 14.4 Å². The molecule has 1 atom stereocenters. The molecular weight excluding hydrogens is 206 g/mol. The molecule has 7 heteroatoms. The molecule has 4 N–H and O–H groups in total. The monoisotopic (exact) mass is 215 g/mol. The Balaban J connectivity index is 3.12. The molecule has 1 unspecified atom stereocenters. The summed E-state index contributed by atoms with van der Waals surface area (Å²) in [4.78, 5) is 32.9. The van der Waals surface area contributed by atoms with Crippen LogP contribution in [0.2, 0.25) is 0 Å². The molecule has 0 spiro atoms. The van der Waals surface area contributed by atoms with E-state index in [1.165, 1.54) is 6.92 Å². The molecule has 0 radical (unpaired) electrons. The van der Waals surface area contributed by atoms with Crippen LogP contribution in [-0.2, 0) is 14.4 Å². The molecule has 7 nitrogen and oxygen atoms in total. The Morgan fingerprint density at radius 1 is 1.47 bits per heavy atom. The van der Waals surface area contributed by atoms with Gasteiger partial charge in [0, 0.05) is 11.8 Å². The second-order valence-corrected chi connectivity index (χ2v) is 3.18. The highest BCUT2D eigenvalue weighted by molar-refractivity contribution is 6.13. The van der Waals surface area contributed by atoms with Crippen molar-refractivity contribution >= 4 is 17.7 Å². The summed E-state index contributed by atoms with van der Waals surface area (Å²) in [5.41, 5.74) is 0.224. The van der Waals surface area contributed by atoms with Crippen LogP contribution in [0.3, 0.4) is 0 Å². The van der Waals surface area contributed by atoms with Gasteiger partial charge in [0.1, 0.15) is 0 Å². The number of hydrogen-bond donors (Lipinski definition) is 4. The second-order valence-electron chi connectivity index (χ2n) is 3.18. The summed E-state index contributed by atoms with van der Waals surface area (Å²) >= 11 is 0. The molecule has 1 aliphatic rings. The van der Waals surface area contributed by atoms with Crippen LogP contribution in [0.1, 0.15) is 6.92 Å². The van der Waals surface area contributed by atoms with Gasteiger partial charge < -0.3 is 20.6 Å². The van der Waals surface area contributed by atoms with Crippen molar-refractivity contribution in [2.75, 3.05) is 0 Å². The van der Waals surface area contributed by atoms with Crippen molar-refractivity contribution in [1.29, 1.82) is 0 Å². The molecule has 1 aliphatic heterocycles. The van der Waals surface area contributed by atoms with Crippen molar-refractivity contribution in [1.82, 2.24) is 5.32 Å². The highest BCUT2D eigenvalue weighted by Gasteiger charge is 2.51. The fraction of sp³-hybridized carbons (Fsp3) is 0.375. The highest BCUT2D eigenvalue weighted by Crippen LogP contribution is 2.20. The van der Waals surface area contributed by atoms with Crippen LogP contribution in [0.15, 0.2) is 11.8 Å². The van der Waals surface area contributed by atoms with Gasteiger partial charge in [0.15, 0.2) is 11.7 Å². The van der Waals surface area contributed by atoms with Crippen molar-refractivity contribution < 1.29 is 29.7 Å². The van der Waals surface area contributed by atoms with E-state index in [4.69, 9.17) is 15.3 Å². The topological polar surface area (TPSA) is 124 Å². The number of aliphatic carboxylic acids is 1. The molecule has 0 aliphatic carbocycles. The summed E-state index contributed by atoms with van der Waals surface area (Å²) < 4.78 is 0. The number of nitrogens with one attached hydrogen (secondary N) is 1. The van der Waals surface area contributed by atoms with E-state index in [2.05, 4.69) is 5.32 Å². The number of ketones is 1. The quantitative estimate of drug-likeness (QED) is 0.311. The Bertz CT molecular complexity index is 369. The number of rotatable bonds is 2. The molecule has 82 valence electrons. The van der Waals surface area contributed by atoms with Gasteiger partial charge in [-0.15, -0.1) is 0 Å². The zero-order valence-electron chi connectivity index (χ0n) is 7.72. The molecular formula is C8H9NO6. The minimum Gasteiger partial charge on any atom is -0.477 e. The lowest BCUT2D eigenvalue weighted by molar-refractivity contribution is -0.220. The zero-order valence-corrected chi connectivity index (χ0v) is 7.72. The molecule has 0 aromatic heterocycles. The van der Waals surface area contributed by atoms with Gasteiger partial charge >= 0.3 is 5.97 Å². The van der Waals surface area contributed by atoms with Gasteiger partial charge in [-0.3, -0.25) is 9.59 Å². The SMILES string of the molecule is CC1=CC(=O)C(C(O)(O)C(=O)O)C(=O)N1. The molecule has 0 aromatic rings. The summed E-state index contributed by atoms with van der Waals surface area (Å²) in [5.74, 6) is -9.49. The first-order valence-corrected chi connectivity index (χ1v) is 3.98. The maximum Gasteiger partial charge on any atom is 0.365 e. The van der Waals surface area contributed by atoms with E-state index in [0.717, 1.165) is 6.08 Å². The van der Waals surface area contributed by atoms with E-state index < -0.39 is 29.4 Å². The Hall–Kier alpha value is -1.73. The lowest BCUT2D eigenvalue weighted by Crippen LogP contribution is -2.56. The first-order chi connectivity index (χ1) is 6.76. The van der Waals surface area contributed by atoms with Crippen LogP contribution >= 0.6 is 0 Å². The number of carbonyl (C=O) groups is 3. The van der Waals surface area contributed by atoms with Gasteiger partial charge in [-0.1, -0.05) is 0 Å². The van der Waals surface area contributed by atoms with Gasteiger partial charge in [0.25, 0.3) is 5.79 Å². The smallest absolute Gasteiger partial charge is 0.365 e. The molecule has 1 rings (SSSR count). The zero-order chi connectivity index (χ0) is 11.8. The molecule has 1 amide bonds. The number of aliphatic hydroxyl groups is 2. The predicted octanol–water partition coefficient (Wildman–Crippen LogP) is -2.03. The molecule has 0 bridgehead atoms. The van der Waals surface area contributed by atoms with Crippen molar-refractivity contribution in [3.05, 3.63) is 11.8 Å². The fourth-order valence-corrected chi connectivity index (χ4v) is 1.23. The summed E-state index contributed by atoms with van der Waals surface area (Å²) in [6, 6.07) is 0. The van der Waals surface area contributed by atoms with Crippen LogP contribution in [-0.4, -0.2) is 38.8 Å². The Labute approximate surface area is 84.0 Å². The minimum absolute atomic E-state index is 0.224.